The fraction of sp³-hybridized carbons (Fsp3) is 0.776. The molecular weight excluding hydrogens is 854 g/mol. The second kappa shape index (κ2) is 50.3. The summed E-state index contributed by atoms with van der Waals surface area (Å²) in [5, 5.41) is 0. The molecule has 0 saturated heterocycles. The lowest BCUT2D eigenvalue weighted by molar-refractivity contribution is -0.870. The van der Waals surface area contributed by atoms with Crippen LogP contribution in [0.25, 0.3) is 0 Å². The molecule has 0 aliphatic carbocycles. The molecular formula is C58H107NO7P+. The lowest BCUT2D eigenvalue weighted by Gasteiger charge is -2.24. The van der Waals surface area contributed by atoms with Crippen molar-refractivity contribution >= 4 is 13.8 Å². The van der Waals surface area contributed by atoms with Crippen molar-refractivity contribution < 1.29 is 37.3 Å². The molecule has 0 rings (SSSR count). The second-order valence-corrected chi connectivity index (χ2v) is 21.0. The Bertz CT molecular complexity index is 1300. The molecule has 0 bridgehead atoms. The molecule has 0 aliphatic heterocycles. The molecule has 0 heterocycles. The number of phosphoric acid groups is 1. The maximum atomic E-state index is 12.8. The first-order valence-corrected chi connectivity index (χ1v) is 29.2. The molecule has 1 N–H and O–H groups in total. The van der Waals surface area contributed by atoms with Gasteiger partial charge in [-0.1, -0.05) is 215 Å². The molecule has 0 amide bonds. The SMILES string of the molecule is CC/C=C\C/C=C\C/C=C\C/C=C\CCCCCCCCCCCCCCCOCC(COP(=O)(O)OCC[N+](C)(C)C)OC(=O)CCCCCCCCCCC/C=C\C/C=C\CCCCC. The molecule has 390 valence electrons. The van der Waals surface area contributed by atoms with Gasteiger partial charge >= 0.3 is 13.8 Å². The average Bonchev–Trinajstić information content (AvgIpc) is 3.29. The van der Waals surface area contributed by atoms with E-state index in [0.717, 1.165) is 64.2 Å². The number of rotatable bonds is 51. The predicted molar refractivity (Wildman–Crippen MR) is 288 cm³/mol. The highest BCUT2D eigenvalue weighted by molar-refractivity contribution is 7.47. The zero-order valence-corrected chi connectivity index (χ0v) is 45.3. The first-order valence-electron chi connectivity index (χ1n) is 27.7. The number of carbonyl (C=O) groups excluding carboxylic acids is 1. The number of ether oxygens (including phenoxy) is 2. The fourth-order valence-electron chi connectivity index (χ4n) is 7.52. The predicted octanol–water partition coefficient (Wildman–Crippen LogP) is 17.4. The summed E-state index contributed by atoms with van der Waals surface area (Å²) in [6.45, 7) is 5.50. The number of hydrogen-bond donors (Lipinski definition) is 1. The van der Waals surface area contributed by atoms with Crippen LogP contribution in [0.3, 0.4) is 0 Å². The van der Waals surface area contributed by atoms with Crippen LogP contribution in [-0.4, -0.2) is 75.6 Å². The van der Waals surface area contributed by atoms with Crippen molar-refractivity contribution in [3.63, 3.8) is 0 Å². The minimum atomic E-state index is -4.29. The number of quaternary nitrogens is 1. The van der Waals surface area contributed by atoms with E-state index in [-0.39, 0.29) is 25.8 Å². The number of likely N-dealkylation sites (N-methyl/N-ethyl adjacent to an activating group) is 1. The Balaban J connectivity index is 4.08. The number of esters is 1. The van der Waals surface area contributed by atoms with Crippen LogP contribution < -0.4 is 0 Å². The van der Waals surface area contributed by atoms with Crippen LogP contribution in [0.4, 0.5) is 0 Å². The van der Waals surface area contributed by atoms with Crippen LogP contribution in [-0.2, 0) is 27.9 Å². The van der Waals surface area contributed by atoms with Crippen LogP contribution >= 0.6 is 7.82 Å². The van der Waals surface area contributed by atoms with Crippen molar-refractivity contribution in [3.05, 3.63) is 72.9 Å². The van der Waals surface area contributed by atoms with Crippen molar-refractivity contribution in [2.75, 3.05) is 54.1 Å². The maximum Gasteiger partial charge on any atom is 0.472 e. The molecule has 0 fully saturated rings. The van der Waals surface area contributed by atoms with Gasteiger partial charge in [0.25, 0.3) is 0 Å². The van der Waals surface area contributed by atoms with E-state index in [1.165, 1.54) is 148 Å². The molecule has 8 nitrogen and oxygen atoms in total. The lowest BCUT2D eigenvalue weighted by Crippen LogP contribution is -2.37. The summed E-state index contributed by atoms with van der Waals surface area (Å²) in [6, 6.07) is 0. The van der Waals surface area contributed by atoms with Gasteiger partial charge in [0.1, 0.15) is 19.3 Å². The van der Waals surface area contributed by atoms with E-state index in [4.69, 9.17) is 18.5 Å². The molecule has 0 radical (unpaired) electrons. The van der Waals surface area contributed by atoms with Gasteiger partial charge in [0.05, 0.1) is 34.4 Å². The highest BCUT2D eigenvalue weighted by Crippen LogP contribution is 2.43. The van der Waals surface area contributed by atoms with Gasteiger partial charge in [0.15, 0.2) is 0 Å². The van der Waals surface area contributed by atoms with Crippen molar-refractivity contribution in [1.29, 1.82) is 0 Å². The van der Waals surface area contributed by atoms with Gasteiger partial charge in [-0.3, -0.25) is 13.8 Å². The number of unbranched alkanes of at least 4 members (excludes halogenated alkanes) is 25. The standard InChI is InChI=1S/C58H106NO7P/c1-6-8-10-12-14-16-18-20-22-24-26-27-28-29-30-31-32-34-36-38-40-42-44-46-48-50-53-63-55-57(56-65-67(61,62)64-54-52-59(3,4)5)66-58(60)51-49-47-45-43-41-39-37-35-33-25-23-21-19-17-15-13-11-9-7-2/h8,10,14-17,20-23,26-27,57H,6-7,9,11-13,18-19,24-25,28-56H2,1-5H3/p+1/b10-8-,16-14-,17-15-,22-20-,23-21-,27-26-. The smallest absolute Gasteiger partial charge is 0.457 e. The summed E-state index contributed by atoms with van der Waals surface area (Å²) < 4.78 is 35.2. The summed E-state index contributed by atoms with van der Waals surface area (Å²) in [5.74, 6) is -0.318. The topological polar surface area (TPSA) is 91.3 Å². The monoisotopic (exact) mass is 961 g/mol. The maximum absolute atomic E-state index is 12.8. The van der Waals surface area contributed by atoms with Crippen LogP contribution in [0, 0.1) is 0 Å². The normalized spacial score (nSPS) is 14.1. The van der Waals surface area contributed by atoms with Crippen LogP contribution in [0.15, 0.2) is 72.9 Å². The third kappa shape index (κ3) is 54.7. The van der Waals surface area contributed by atoms with Gasteiger partial charge in [-0.15, -0.1) is 0 Å². The number of hydrogen-bond acceptors (Lipinski definition) is 6. The molecule has 67 heavy (non-hydrogen) atoms. The Morgan fingerprint density at radius 1 is 0.478 bits per heavy atom. The third-order valence-electron chi connectivity index (χ3n) is 11.8. The molecule has 0 saturated carbocycles. The fourth-order valence-corrected chi connectivity index (χ4v) is 8.26. The summed E-state index contributed by atoms with van der Waals surface area (Å²) in [4.78, 5) is 23.1. The van der Waals surface area contributed by atoms with Crippen molar-refractivity contribution in [1.82, 2.24) is 0 Å². The lowest BCUT2D eigenvalue weighted by atomic mass is 10.0. The van der Waals surface area contributed by atoms with Crippen LogP contribution in [0.5, 0.6) is 0 Å². The van der Waals surface area contributed by atoms with Crippen molar-refractivity contribution in [2.45, 2.75) is 238 Å². The summed E-state index contributed by atoms with van der Waals surface area (Å²) in [7, 11) is 1.66. The Morgan fingerprint density at radius 2 is 0.866 bits per heavy atom. The molecule has 0 aliphatic rings. The highest BCUT2D eigenvalue weighted by atomic mass is 31.2. The summed E-state index contributed by atoms with van der Waals surface area (Å²) in [5.41, 5.74) is 0. The number of nitrogens with zero attached hydrogens (tertiary/aromatic N) is 1. The largest absolute Gasteiger partial charge is 0.472 e. The Hall–Kier alpha value is -2.06. The molecule has 2 unspecified atom stereocenters. The van der Waals surface area contributed by atoms with Crippen molar-refractivity contribution in [2.24, 2.45) is 0 Å². The third-order valence-corrected chi connectivity index (χ3v) is 12.7. The van der Waals surface area contributed by atoms with Gasteiger partial charge < -0.3 is 18.9 Å². The van der Waals surface area contributed by atoms with Gasteiger partial charge in [-0.2, -0.15) is 0 Å². The van der Waals surface area contributed by atoms with E-state index in [1.54, 1.807) is 0 Å². The molecule has 9 heteroatoms. The number of carbonyl (C=O) groups is 1. The first kappa shape index (κ1) is 64.9. The Morgan fingerprint density at radius 3 is 1.30 bits per heavy atom. The minimum Gasteiger partial charge on any atom is -0.457 e. The van der Waals surface area contributed by atoms with E-state index < -0.39 is 13.9 Å². The Kier molecular flexibility index (Phi) is 48.8. The molecule has 0 spiro atoms. The quantitative estimate of drug-likeness (QED) is 0.0213. The van der Waals surface area contributed by atoms with E-state index in [2.05, 4.69) is 86.8 Å². The van der Waals surface area contributed by atoms with E-state index in [9.17, 15) is 14.3 Å². The average molecular weight is 961 g/mol. The Labute approximate surface area is 414 Å². The molecule has 0 aromatic rings. The minimum absolute atomic E-state index is 0.0853. The number of phosphoric ester groups is 1. The molecule has 2 atom stereocenters. The zero-order valence-electron chi connectivity index (χ0n) is 44.4. The van der Waals surface area contributed by atoms with E-state index in [0.29, 0.717) is 24.1 Å². The van der Waals surface area contributed by atoms with E-state index in [1.807, 2.05) is 21.1 Å². The summed E-state index contributed by atoms with van der Waals surface area (Å²) in [6.07, 6.45) is 66.7. The molecule has 0 aromatic carbocycles. The molecule has 0 aromatic heterocycles. The van der Waals surface area contributed by atoms with Crippen LogP contribution in [0.2, 0.25) is 0 Å². The number of allylic oxidation sites excluding steroid dienone is 12. The second-order valence-electron chi connectivity index (χ2n) is 19.6. The van der Waals surface area contributed by atoms with Crippen molar-refractivity contribution in [3.8, 4) is 0 Å². The zero-order chi connectivity index (χ0) is 49.0. The highest BCUT2D eigenvalue weighted by Gasteiger charge is 2.26. The van der Waals surface area contributed by atoms with Gasteiger partial charge in [0, 0.05) is 13.0 Å². The van der Waals surface area contributed by atoms with Gasteiger partial charge in [-0.25, -0.2) is 4.57 Å². The summed E-state index contributed by atoms with van der Waals surface area (Å²) >= 11 is 0. The van der Waals surface area contributed by atoms with Gasteiger partial charge in [-0.05, 0) is 83.5 Å². The van der Waals surface area contributed by atoms with E-state index >= 15 is 0 Å². The first-order chi connectivity index (χ1) is 32.6. The van der Waals surface area contributed by atoms with Crippen LogP contribution in [0.1, 0.15) is 232 Å². The van der Waals surface area contributed by atoms with Gasteiger partial charge in [0.2, 0.25) is 0 Å².